The summed E-state index contributed by atoms with van der Waals surface area (Å²) in [4.78, 5) is 0. The highest BCUT2D eigenvalue weighted by Gasteiger charge is 2.67. The van der Waals surface area contributed by atoms with Crippen LogP contribution in [0.2, 0.25) is 0 Å². The van der Waals surface area contributed by atoms with Crippen LogP contribution in [0.1, 0.15) is 83.1 Å². The van der Waals surface area contributed by atoms with Gasteiger partial charge in [0.05, 0.1) is 37.4 Å². The van der Waals surface area contributed by atoms with Crippen LogP contribution in [0.4, 0.5) is 0 Å². The van der Waals surface area contributed by atoms with E-state index in [0.717, 1.165) is 51.4 Å². The third-order valence-corrected chi connectivity index (χ3v) is 10.5. The highest BCUT2D eigenvalue weighted by molar-refractivity contribution is 5.26. The van der Waals surface area contributed by atoms with E-state index in [2.05, 4.69) is 19.9 Å². The number of hydrogen-bond acceptors (Lipinski definition) is 5. The number of ether oxygens (including phenoxy) is 1. The van der Waals surface area contributed by atoms with Crippen molar-refractivity contribution < 1.29 is 24.5 Å². The normalized spacial score (nSPS) is 48.0. The molecule has 0 amide bonds. The Labute approximate surface area is 186 Å². The molecule has 0 aromatic carbocycles. The van der Waals surface area contributed by atoms with E-state index in [0.29, 0.717) is 23.7 Å². The molecule has 5 heteroatoms. The van der Waals surface area contributed by atoms with Gasteiger partial charge in [-0.1, -0.05) is 13.8 Å². The molecule has 174 valence electrons. The first-order valence-corrected chi connectivity index (χ1v) is 12.5. The molecule has 31 heavy (non-hydrogen) atoms. The number of rotatable bonds is 5. The van der Waals surface area contributed by atoms with Crippen molar-refractivity contribution in [2.24, 2.45) is 28.6 Å². The lowest BCUT2D eigenvalue weighted by molar-refractivity contribution is -0.208. The first-order valence-electron chi connectivity index (χ1n) is 12.5. The van der Waals surface area contributed by atoms with Gasteiger partial charge in [0.25, 0.3) is 0 Å². The molecule has 0 spiro atoms. The van der Waals surface area contributed by atoms with Crippen molar-refractivity contribution in [2.75, 3.05) is 13.2 Å². The van der Waals surface area contributed by atoms with Crippen molar-refractivity contribution in [3.05, 3.63) is 24.2 Å². The zero-order valence-corrected chi connectivity index (χ0v) is 19.1. The van der Waals surface area contributed by atoms with Gasteiger partial charge in [0.1, 0.15) is 6.10 Å². The van der Waals surface area contributed by atoms with Gasteiger partial charge in [-0.3, -0.25) is 0 Å². The van der Waals surface area contributed by atoms with Crippen LogP contribution in [-0.4, -0.2) is 46.3 Å². The molecule has 1 heterocycles. The molecule has 4 aliphatic rings. The summed E-state index contributed by atoms with van der Waals surface area (Å²) in [6, 6.07) is 2.10. The van der Waals surface area contributed by atoms with E-state index in [1.54, 1.807) is 6.26 Å². The number of furan rings is 1. The van der Waals surface area contributed by atoms with Gasteiger partial charge in [-0.05, 0) is 98.5 Å². The minimum absolute atomic E-state index is 0.0675. The standard InChI is InChI=1S/C26H40O5/c1-24-9-5-20(31-16-19(28)14-27)13-18(24)3-4-23-22(24)6-10-25(2)21(7-11-26(23,25)29)17-8-12-30-15-17/h8,12,15,18-23,27-29H,3-7,9-11,13-14,16H2,1-2H3/t18?,19?,20?,21?,22-,23-,24+,25-,26-/m1/s1. The van der Waals surface area contributed by atoms with Gasteiger partial charge in [-0.15, -0.1) is 0 Å². The second-order valence-electron chi connectivity index (χ2n) is 11.6. The molecule has 9 atom stereocenters. The van der Waals surface area contributed by atoms with E-state index in [1.165, 1.54) is 12.0 Å². The minimum atomic E-state index is -0.778. The van der Waals surface area contributed by atoms with Crippen molar-refractivity contribution in [1.82, 2.24) is 0 Å². The molecule has 0 saturated heterocycles. The van der Waals surface area contributed by atoms with Gasteiger partial charge in [0.2, 0.25) is 0 Å². The monoisotopic (exact) mass is 432 g/mol. The van der Waals surface area contributed by atoms with Gasteiger partial charge >= 0.3 is 0 Å². The first-order chi connectivity index (χ1) is 14.8. The van der Waals surface area contributed by atoms with E-state index in [1.807, 2.05) is 6.26 Å². The number of aliphatic hydroxyl groups is 3. The zero-order chi connectivity index (χ0) is 21.9. The molecule has 0 radical (unpaired) electrons. The van der Waals surface area contributed by atoms with Crippen LogP contribution in [0.25, 0.3) is 0 Å². The molecule has 4 unspecified atom stereocenters. The third-order valence-electron chi connectivity index (χ3n) is 10.5. The number of aliphatic hydroxyl groups excluding tert-OH is 2. The quantitative estimate of drug-likeness (QED) is 0.648. The van der Waals surface area contributed by atoms with Gasteiger partial charge in [0.15, 0.2) is 0 Å². The molecule has 5 rings (SSSR count). The number of hydrogen-bond donors (Lipinski definition) is 3. The molecule has 4 aliphatic carbocycles. The Morgan fingerprint density at radius 1 is 1.10 bits per heavy atom. The summed E-state index contributed by atoms with van der Waals surface area (Å²) in [6.07, 6.45) is 12.8. The second-order valence-corrected chi connectivity index (χ2v) is 11.6. The van der Waals surface area contributed by atoms with Crippen LogP contribution in [0, 0.1) is 28.6 Å². The van der Waals surface area contributed by atoms with Gasteiger partial charge in [-0.25, -0.2) is 0 Å². The largest absolute Gasteiger partial charge is 0.472 e. The fourth-order valence-corrected chi connectivity index (χ4v) is 8.64. The maximum atomic E-state index is 12.3. The van der Waals surface area contributed by atoms with E-state index in [-0.39, 0.29) is 30.1 Å². The van der Waals surface area contributed by atoms with Crippen LogP contribution >= 0.6 is 0 Å². The van der Waals surface area contributed by atoms with Crippen LogP contribution in [0.15, 0.2) is 23.0 Å². The van der Waals surface area contributed by atoms with Crippen LogP contribution in [0.5, 0.6) is 0 Å². The van der Waals surface area contributed by atoms with E-state index in [9.17, 15) is 10.2 Å². The van der Waals surface area contributed by atoms with Gasteiger partial charge in [0, 0.05) is 5.41 Å². The van der Waals surface area contributed by atoms with Crippen molar-refractivity contribution in [3.63, 3.8) is 0 Å². The zero-order valence-electron chi connectivity index (χ0n) is 19.1. The first kappa shape index (κ1) is 21.9. The van der Waals surface area contributed by atoms with Crippen LogP contribution < -0.4 is 0 Å². The molecular weight excluding hydrogens is 392 g/mol. The highest BCUT2D eigenvalue weighted by Crippen LogP contribution is 2.70. The Bertz CT molecular complexity index is 764. The summed E-state index contributed by atoms with van der Waals surface area (Å²) in [7, 11) is 0. The molecular formula is C26H40O5. The van der Waals surface area contributed by atoms with Crippen LogP contribution in [0.3, 0.4) is 0 Å². The predicted molar refractivity (Wildman–Crippen MR) is 117 cm³/mol. The number of fused-ring (bicyclic) bond motifs is 5. The molecule has 1 aromatic heterocycles. The van der Waals surface area contributed by atoms with E-state index in [4.69, 9.17) is 14.3 Å². The fraction of sp³-hybridized carbons (Fsp3) is 0.846. The maximum Gasteiger partial charge on any atom is 0.100 e. The lowest BCUT2D eigenvalue weighted by Crippen LogP contribution is -2.62. The lowest BCUT2D eigenvalue weighted by atomic mass is 9.43. The smallest absolute Gasteiger partial charge is 0.100 e. The van der Waals surface area contributed by atoms with Crippen molar-refractivity contribution >= 4 is 0 Å². The molecule has 4 saturated carbocycles. The molecule has 0 bridgehead atoms. The molecule has 1 aromatic rings. The minimum Gasteiger partial charge on any atom is -0.472 e. The summed E-state index contributed by atoms with van der Waals surface area (Å²) >= 11 is 0. The Kier molecular flexibility index (Phi) is 5.56. The highest BCUT2D eigenvalue weighted by atomic mass is 16.5. The third kappa shape index (κ3) is 3.25. The predicted octanol–water partition coefficient (Wildman–Crippen LogP) is 4.26. The van der Waals surface area contributed by atoms with Crippen molar-refractivity contribution in [2.45, 2.75) is 95.4 Å². The summed E-state index contributed by atoms with van der Waals surface area (Å²) < 4.78 is 11.4. The Hall–Kier alpha value is -0.880. The van der Waals surface area contributed by atoms with Crippen molar-refractivity contribution in [1.29, 1.82) is 0 Å². The maximum absolute atomic E-state index is 12.3. The van der Waals surface area contributed by atoms with E-state index >= 15 is 0 Å². The van der Waals surface area contributed by atoms with Gasteiger partial charge in [-0.2, -0.15) is 0 Å². The Balaban J connectivity index is 1.33. The summed E-state index contributed by atoms with van der Waals surface area (Å²) in [5.41, 5.74) is 0.884. The van der Waals surface area contributed by atoms with E-state index < -0.39 is 11.7 Å². The molecule has 0 aliphatic heterocycles. The van der Waals surface area contributed by atoms with Crippen LogP contribution in [-0.2, 0) is 4.74 Å². The second kappa shape index (κ2) is 7.86. The Morgan fingerprint density at radius 3 is 2.68 bits per heavy atom. The molecule has 5 nitrogen and oxygen atoms in total. The van der Waals surface area contributed by atoms with Gasteiger partial charge < -0.3 is 24.5 Å². The summed E-state index contributed by atoms with van der Waals surface area (Å²) in [5, 5.41) is 31.0. The average molecular weight is 433 g/mol. The Morgan fingerprint density at radius 2 is 1.94 bits per heavy atom. The topological polar surface area (TPSA) is 83.1 Å². The molecule has 3 N–H and O–H groups in total. The summed E-state index contributed by atoms with van der Waals surface area (Å²) in [6.45, 7) is 4.82. The van der Waals surface area contributed by atoms with Crippen molar-refractivity contribution in [3.8, 4) is 0 Å². The summed E-state index contributed by atoms with van der Waals surface area (Å²) in [5.74, 6) is 1.98. The molecule has 4 fully saturated rings. The SMILES string of the molecule is C[C@]12CCC(OCC(O)CO)CC1CC[C@@H]1[C@H]2CC[C@]2(C)C(c3ccoc3)CC[C@@]12O. The fourth-order valence-electron chi connectivity index (χ4n) is 8.64. The average Bonchev–Trinajstić information content (AvgIpc) is 3.37. The lowest BCUT2D eigenvalue weighted by Gasteiger charge is -2.63.